The van der Waals surface area contributed by atoms with Crippen LogP contribution in [0.25, 0.3) is 0 Å². The fourth-order valence-electron chi connectivity index (χ4n) is 3.75. The van der Waals surface area contributed by atoms with Crippen molar-refractivity contribution in [3.63, 3.8) is 0 Å². The van der Waals surface area contributed by atoms with Crippen LogP contribution in [0.15, 0.2) is 48.5 Å². The summed E-state index contributed by atoms with van der Waals surface area (Å²) in [4.78, 5) is 27.3. The molecule has 1 aliphatic rings. The predicted octanol–water partition coefficient (Wildman–Crippen LogP) is 4.77. The molecule has 0 spiro atoms. The molecule has 0 N–H and O–H groups in total. The molecule has 2 aromatic rings. The van der Waals surface area contributed by atoms with Crippen LogP contribution >= 0.6 is 11.6 Å². The molecule has 31 heavy (non-hydrogen) atoms. The summed E-state index contributed by atoms with van der Waals surface area (Å²) in [6.07, 6.45) is -4.09. The molecule has 0 bridgehead atoms. The van der Waals surface area contributed by atoms with E-state index in [2.05, 4.69) is 0 Å². The molecule has 1 aliphatic heterocycles. The van der Waals surface area contributed by atoms with Gasteiger partial charge in [0.2, 0.25) is 5.91 Å². The highest BCUT2D eigenvalue weighted by Crippen LogP contribution is 2.25. The van der Waals surface area contributed by atoms with Crippen molar-refractivity contribution < 1.29 is 22.8 Å². The number of carbonyl (C=O) groups is 2. The van der Waals surface area contributed by atoms with Crippen molar-refractivity contribution >= 4 is 23.4 Å². The first kappa shape index (κ1) is 23.1. The number of carbonyl (C=O) groups excluding carboxylic acids is 2. The van der Waals surface area contributed by atoms with Gasteiger partial charge in [-0.25, -0.2) is 0 Å². The van der Waals surface area contributed by atoms with E-state index in [1.165, 1.54) is 0 Å². The minimum absolute atomic E-state index is 0.0262. The van der Waals surface area contributed by atoms with Crippen molar-refractivity contribution in [3.05, 3.63) is 70.2 Å². The van der Waals surface area contributed by atoms with Crippen molar-refractivity contribution in [2.75, 3.05) is 13.1 Å². The van der Waals surface area contributed by atoms with E-state index in [4.69, 9.17) is 11.6 Å². The number of halogens is 4. The summed E-state index contributed by atoms with van der Waals surface area (Å²) in [5, 5.41) is 0.578. The Labute approximate surface area is 184 Å². The average molecular weight is 453 g/mol. The number of piperidine rings is 1. The zero-order valence-corrected chi connectivity index (χ0v) is 17.9. The van der Waals surface area contributed by atoms with Crippen LogP contribution in [0, 0.1) is 6.92 Å². The molecule has 3 rings (SSSR count). The van der Waals surface area contributed by atoms with Crippen LogP contribution in [0.4, 0.5) is 13.2 Å². The first-order valence-electron chi connectivity index (χ1n) is 10.1. The second-order valence-corrected chi connectivity index (χ2v) is 8.27. The van der Waals surface area contributed by atoms with Gasteiger partial charge in [-0.05, 0) is 43.0 Å². The van der Waals surface area contributed by atoms with Crippen LogP contribution < -0.4 is 0 Å². The lowest BCUT2D eigenvalue weighted by Crippen LogP contribution is -2.51. The van der Waals surface area contributed by atoms with Crippen LogP contribution in [0.2, 0.25) is 5.02 Å². The topological polar surface area (TPSA) is 40.6 Å². The Morgan fingerprint density at radius 1 is 1.00 bits per heavy atom. The molecule has 1 fully saturated rings. The van der Waals surface area contributed by atoms with Crippen molar-refractivity contribution in [1.82, 2.24) is 9.80 Å². The first-order valence-corrected chi connectivity index (χ1v) is 10.5. The molecule has 2 aromatic carbocycles. The van der Waals surface area contributed by atoms with Crippen LogP contribution in [0.1, 0.15) is 29.5 Å². The van der Waals surface area contributed by atoms with Gasteiger partial charge < -0.3 is 9.80 Å². The number of hydrogen-bond donors (Lipinski definition) is 0. The summed E-state index contributed by atoms with van der Waals surface area (Å²) in [5.74, 6) is -1.92. The normalized spacial score (nSPS) is 15.1. The van der Waals surface area contributed by atoms with Gasteiger partial charge in [-0.2, -0.15) is 13.2 Å². The minimum atomic E-state index is -4.88. The van der Waals surface area contributed by atoms with E-state index in [0.29, 0.717) is 24.4 Å². The Balaban J connectivity index is 1.74. The third-order valence-electron chi connectivity index (χ3n) is 5.50. The van der Waals surface area contributed by atoms with Gasteiger partial charge in [0.05, 0.1) is 6.42 Å². The molecular weight excluding hydrogens is 429 g/mol. The maximum Gasteiger partial charge on any atom is 0.471 e. The van der Waals surface area contributed by atoms with Gasteiger partial charge in [0.15, 0.2) is 0 Å². The molecule has 4 nitrogen and oxygen atoms in total. The number of amides is 2. The van der Waals surface area contributed by atoms with Crippen molar-refractivity contribution in [1.29, 1.82) is 0 Å². The van der Waals surface area contributed by atoms with Gasteiger partial charge in [-0.1, -0.05) is 53.6 Å². The number of likely N-dealkylation sites (tertiary alicyclic amines) is 1. The molecule has 0 radical (unpaired) electrons. The van der Waals surface area contributed by atoms with E-state index in [1.807, 2.05) is 31.2 Å². The molecule has 1 saturated heterocycles. The molecule has 8 heteroatoms. The highest BCUT2D eigenvalue weighted by atomic mass is 35.5. The average Bonchev–Trinajstić information content (AvgIpc) is 2.74. The quantitative estimate of drug-likeness (QED) is 0.655. The molecular formula is C23H24ClF3N2O2. The SMILES string of the molecule is Cc1ccc(CN(C(=O)Cc2ccc(Cl)cc2)C2CCN(C(=O)C(F)(F)F)CC2)cc1. The van der Waals surface area contributed by atoms with Gasteiger partial charge in [-0.3, -0.25) is 9.59 Å². The van der Waals surface area contributed by atoms with Crippen molar-refractivity contribution in [2.45, 2.75) is 44.9 Å². The second-order valence-electron chi connectivity index (χ2n) is 7.83. The Morgan fingerprint density at radius 2 is 1.55 bits per heavy atom. The maximum absolute atomic E-state index is 13.2. The monoisotopic (exact) mass is 452 g/mol. The Morgan fingerprint density at radius 3 is 2.10 bits per heavy atom. The van der Waals surface area contributed by atoms with Gasteiger partial charge in [0.25, 0.3) is 0 Å². The number of hydrogen-bond acceptors (Lipinski definition) is 2. The molecule has 1 heterocycles. The fraction of sp³-hybridized carbons (Fsp3) is 0.391. The number of benzene rings is 2. The number of aryl methyl sites for hydroxylation is 1. The summed E-state index contributed by atoms with van der Waals surface area (Å²) in [6.45, 7) is 2.29. The smallest absolute Gasteiger partial charge is 0.335 e. The summed E-state index contributed by atoms with van der Waals surface area (Å²) in [6, 6.07) is 14.6. The van der Waals surface area contributed by atoms with E-state index in [-0.39, 0.29) is 31.5 Å². The van der Waals surface area contributed by atoms with Crippen molar-refractivity contribution in [3.8, 4) is 0 Å². The fourth-order valence-corrected chi connectivity index (χ4v) is 3.88. The molecule has 0 saturated carbocycles. The lowest BCUT2D eigenvalue weighted by Gasteiger charge is -2.39. The molecule has 0 aliphatic carbocycles. The molecule has 166 valence electrons. The van der Waals surface area contributed by atoms with E-state index in [1.54, 1.807) is 29.2 Å². The van der Waals surface area contributed by atoms with Gasteiger partial charge in [0, 0.05) is 30.7 Å². The summed E-state index contributed by atoms with van der Waals surface area (Å²) in [7, 11) is 0. The second kappa shape index (κ2) is 9.73. The summed E-state index contributed by atoms with van der Waals surface area (Å²) >= 11 is 5.92. The molecule has 0 unspecified atom stereocenters. The van der Waals surface area contributed by atoms with Crippen LogP contribution in [0.3, 0.4) is 0 Å². The summed E-state index contributed by atoms with van der Waals surface area (Å²) < 4.78 is 38.2. The molecule has 2 amide bonds. The van der Waals surface area contributed by atoms with Gasteiger partial charge in [0.1, 0.15) is 0 Å². The minimum Gasteiger partial charge on any atom is -0.335 e. The number of alkyl halides is 3. The van der Waals surface area contributed by atoms with Crippen molar-refractivity contribution in [2.24, 2.45) is 0 Å². The van der Waals surface area contributed by atoms with E-state index < -0.39 is 12.1 Å². The largest absolute Gasteiger partial charge is 0.471 e. The van der Waals surface area contributed by atoms with Crippen LogP contribution in [0.5, 0.6) is 0 Å². The zero-order chi connectivity index (χ0) is 22.6. The standard InChI is InChI=1S/C23H24ClF3N2O2/c1-16-2-4-18(5-3-16)15-29(21(30)14-17-6-8-19(24)9-7-17)20-10-12-28(13-11-20)22(31)23(25,26)27/h2-9,20H,10-15H2,1H3. The third kappa shape index (κ3) is 6.23. The first-order chi connectivity index (χ1) is 14.6. The highest BCUT2D eigenvalue weighted by Gasteiger charge is 2.43. The molecule has 0 atom stereocenters. The Kier molecular flexibility index (Phi) is 7.26. The predicted molar refractivity (Wildman–Crippen MR) is 113 cm³/mol. The number of rotatable bonds is 5. The summed E-state index contributed by atoms with van der Waals surface area (Å²) in [5.41, 5.74) is 2.86. The zero-order valence-electron chi connectivity index (χ0n) is 17.2. The van der Waals surface area contributed by atoms with Gasteiger partial charge in [-0.15, -0.1) is 0 Å². The van der Waals surface area contributed by atoms with E-state index in [9.17, 15) is 22.8 Å². The Hall–Kier alpha value is -2.54. The highest BCUT2D eigenvalue weighted by molar-refractivity contribution is 6.30. The Bertz CT molecular complexity index is 906. The van der Waals surface area contributed by atoms with Crippen LogP contribution in [-0.2, 0) is 22.6 Å². The lowest BCUT2D eigenvalue weighted by atomic mass is 10.00. The number of nitrogens with zero attached hydrogens (tertiary/aromatic N) is 2. The van der Waals surface area contributed by atoms with E-state index in [0.717, 1.165) is 21.6 Å². The third-order valence-corrected chi connectivity index (χ3v) is 5.75. The van der Waals surface area contributed by atoms with Crippen LogP contribution in [-0.4, -0.2) is 46.9 Å². The molecule has 0 aromatic heterocycles. The van der Waals surface area contributed by atoms with Gasteiger partial charge >= 0.3 is 12.1 Å². The lowest BCUT2D eigenvalue weighted by molar-refractivity contribution is -0.187. The van der Waals surface area contributed by atoms with E-state index >= 15 is 0 Å². The maximum atomic E-state index is 13.2.